The van der Waals surface area contributed by atoms with Gasteiger partial charge < -0.3 is 16.5 Å². The van der Waals surface area contributed by atoms with Crippen molar-refractivity contribution in [1.29, 1.82) is 0 Å². The van der Waals surface area contributed by atoms with E-state index in [0.29, 0.717) is 17.9 Å². The van der Waals surface area contributed by atoms with Gasteiger partial charge in [-0.25, -0.2) is 4.98 Å². The van der Waals surface area contributed by atoms with E-state index in [1.54, 1.807) is 0 Å². The van der Waals surface area contributed by atoms with Crippen molar-refractivity contribution in [1.82, 2.24) is 19.5 Å². The van der Waals surface area contributed by atoms with Crippen LogP contribution in [-0.4, -0.2) is 19.5 Å². The van der Waals surface area contributed by atoms with Crippen LogP contribution < -0.4 is 17.0 Å². The lowest BCUT2D eigenvalue weighted by Gasteiger charge is -2.03. The molecular formula is C13H14N6O. The lowest BCUT2D eigenvalue weighted by molar-refractivity contribution is 0.704. The summed E-state index contributed by atoms with van der Waals surface area (Å²) in [5, 5.41) is 0. The van der Waals surface area contributed by atoms with Crippen LogP contribution in [0.1, 0.15) is 11.4 Å². The van der Waals surface area contributed by atoms with E-state index in [0.717, 1.165) is 5.56 Å². The van der Waals surface area contributed by atoms with Crippen LogP contribution in [0.4, 0.5) is 5.95 Å². The van der Waals surface area contributed by atoms with Gasteiger partial charge in [0.05, 0.1) is 6.67 Å². The van der Waals surface area contributed by atoms with Crippen molar-refractivity contribution in [3.63, 3.8) is 0 Å². The Morgan fingerprint density at radius 3 is 2.65 bits per heavy atom. The minimum absolute atomic E-state index is 0.0194. The zero-order valence-electron chi connectivity index (χ0n) is 10.7. The van der Waals surface area contributed by atoms with Crippen LogP contribution in [0.3, 0.4) is 0 Å². The van der Waals surface area contributed by atoms with Gasteiger partial charge in [-0.05, 0) is 5.56 Å². The van der Waals surface area contributed by atoms with Crippen LogP contribution in [0.2, 0.25) is 0 Å². The van der Waals surface area contributed by atoms with E-state index in [-0.39, 0.29) is 23.7 Å². The van der Waals surface area contributed by atoms with Gasteiger partial charge in [-0.2, -0.15) is 4.98 Å². The predicted octanol–water partition coefficient (Wildman–Crippen LogP) is 0.209. The van der Waals surface area contributed by atoms with E-state index in [2.05, 4.69) is 15.0 Å². The highest BCUT2D eigenvalue weighted by Crippen LogP contribution is 2.10. The molecule has 0 aliphatic rings. The molecule has 1 aromatic carbocycles. The first-order valence-corrected chi connectivity index (χ1v) is 6.18. The molecule has 0 spiro atoms. The summed E-state index contributed by atoms with van der Waals surface area (Å²) >= 11 is 0. The molecule has 0 amide bonds. The Labute approximate surface area is 114 Å². The molecule has 5 N–H and O–H groups in total. The summed E-state index contributed by atoms with van der Waals surface area (Å²) in [4.78, 5) is 23.6. The highest BCUT2D eigenvalue weighted by Gasteiger charge is 2.12. The number of nitrogens with one attached hydrogen (secondary N) is 1. The van der Waals surface area contributed by atoms with E-state index in [4.69, 9.17) is 11.5 Å². The molecule has 0 aliphatic heterocycles. The topological polar surface area (TPSA) is 116 Å². The number of imidazole rings is 1. The van der Waals surface area contributed by atoms with Gasteiger partial charge in [0.1, 0.15) is 5.82 Å². The molecule has 0 unspecified atom stereocenters. The highest BCUT2D eigenvalue weighted by molar-refractivity contribution is 5.70. The van der Waals surface area contributed by atoms with Gasteiger partial charge >= 0.3 is 0 Å². The molecule has 0 atom stereocenters. The van der Waals surface area contributed by atoms with E-state index >= 15 is 0 Å². The minimum Gasteiger partial charge on any atom is -0.369 e. The van der Waals surface area contributed by atoms with E-state index in [9.17, 15) is 4.79 Å². The maximum Gasteiger partial charge on any atom is 0.284 e. The quantitative estimate of drug-likeness (QED) is 0.629. The van der Waals surface area contributed by atoms with Gasteiger partial charge in [0.2, 0.25) is 5.95 Å². The molecule has 0 saturated carbocycles. The van der Waals surface area contributed by atoms with Crippen LogP contribution in [0, 0.1) is 0 Å². The fourth-order valence-electron chi connectivity index (χ4n) is 2.10. The third kappa shape index (κ3) is 2.04. The lowest BCUT2D eigenvalue weighted by atomic mass is 10.1. The largest absolute Gasteiger partial charge is 0.369 e. The maximum atomic E-state index is 12.1. The Morgan fingerprint density at radius 1 is 1.20 bits per heavy atom. The Hall–Kier alpha value is -2.67. The van der Waals surface area contributed by atoms with Crippen LogP contribution in [0.5, 0.6) is 0 Å². The number of hydrogen-bond acceptors (Lipinski definition) is 5. The summed E-state index contributed by atoms with van der Waals surface area (Å²) in [5.41, 5.74) is 12.6. The molecular weight excluding hydrogens is 256 g/mol. The number of nitrogens with two attached hydrogens (primary N) is 2. The number of H-pyrrole nitrogens is 1. The molecule has 2 heterocycles. The molecule has 0 bridgehead atoms. The Morgan fingerprint density at radius 2 is 1.95 bits per heavy atom. The normalized spacial score (nSPS) is 11.1. The zero-order chi connectivity index (χ0) is 14.1. The molecule has 2 aromatic heterocycles. The fraction of sp³-hybridized carbons (Fsp3) is 0.154. The second kappa shape index (κ2) is 4.78. The summed E-state index contributed by atoms with van der Waals surface area (Å²) in [6.45, 7) is -0.0194. The smallest absolute Gasteiger partial charge is 0.284 e. The standard InChI is InChI=1S/C13H14N6O/c14-7-19-12(20)10-11(18-13(19)15)17-9(16-10)6-8-4-2-1-3-5-8/h1-5H,6-7,14H2,(H2,15,18)(H,16,17). The second-order valence-corrected chi connectivity index (χ2v) is 4.43. The fourth-order valence-corrected chi connectivity index (χ4v) is 2.10. The first-order chi connectivity index (χ1) is 9.69. The van der Waals surface area contributed by atoms with Crippen molar-refractivity contribution in [3.8, 4) is 0 Å². The van der Waals surface area contributed by atoms with E-state index in [1.807, 2.05) is 30.3 Å². The van der Waals surface area contributed by atoms with Gasteiger partial charge in [-0.1, -0.05) is 30.3 Å². The summed E-state index contributed by atoms with van der Waals surface area (Å²) < 4.78 is 1.19. The number of hydrogen-bond donors (Lipinski definition) is 3. The lowest BCUT2D eigenvalue weighted by Crippen LogP contribution is -2.27. The maximum absolute atomic E-state index is 12.1. The van der Waals surface area contributed by atoms with Crippen molar-refractivity contribution >= 4 is 17.1 Å². The molecule has 102 valence electrons. The second-order valence-electron chi connectivity index (χ2n) is 4.43. The molecule has 7 nitrogen and oxygen atoms in total. The van der Waals surface area contributed by atoms with E-state index < -0.39 is 0 Å². The van der Waals surface area contributed by atoms with Crippen molar-refractivity contribution in [2.75, 3.05) is 5.73 Å². The summed E-state index contributed by atoms with van der Waals surface area (Å²) in [6.07, 6.45) is 0.596. The third-order valence-corrected chi connectivity index (χ3v) is 3.08. The first-order valence-electron chi connectivity index (χ1n) is 6.18. The average Bonchev–Trinajstić information content (AvgIpc) is 2.83. The SMILES string of the molecule is NCn1c(N)nc2[nH]c(Cc3ccccc3)nc2c1=O. The molecule has 3 aromatic rings. The molecule has 0 aliphatic carbocycles. The Bertz CT molecular complexity index is 805. The molecule has 20 heavy (non-hydrogen) atoms. The van der Waals surface area contributed by atoms with Gasteiger partial charge in [0.25, 0.3) is 5.56 Å². The Balaban J connectivity index is 2.07. The third-order valence-electron chi connectivity index (χ3n) is 3.08. The summed E-state index contributed by atoms with van der Waals surface area (Å²) in [7, 11) is 0. The molecule has 3 rings (SSSR count). The van der Waals surface area contributed by atoms with Crippen LogP contribution >= 0.6 is 0 Å². The van der Waals surface area contributed by atoms with Gasteiger partial charge in [0, 0.05) is 6.42 Å². The Kier molecular flexibility index (Phi) is 2.96. The molecule has 0 radical (unpaired) electrons. The number of fused-ring (bicyclic) bond motifs is 1. The molecule has 0 saturated heterocycles. The number of nitrogen functional groups attached to an aromatic ring is 1. The number of nitrogens with zero attached hydrogens (tertiary/aromatic N) is 3. The highest BCUT2D eigenvalue weighted by atomic mass is 16.1. The van der Waals surface area contributed by atoms with Crippen molar-refractivity contribution in [2.45, 2.75) is 13.1 Å². The zero-order valence-corrected chi connectivity index (χ0v) is 10.7. The number of rotatable bonds is 3. The van der Waals surface area contributed by atoms with Crippen molar-refractivity contribution in [2.24, 2.45) is 5.73 Å². The van der Waals surface area contributed by atoms with Gasteiger partial charge in [-0.15, -0.1) is 0 Å². The molecule has 7 heteroatoms. The van der Waals surface area contributed by atoms with Gasteiger partial charge in [0.15, 0.2) is 11.2 Å². The van der Waals surface area contributed by atoms with E-state index in [1.165, 1.54) is 4.57 Å². The van der Waals surface area contributed by atoms with Crippen LogP contribution in [-0.2, 0) is 13.1 Å². The van der Waals surface area contributed by atoms with Gasteiger partial charge in [-0.3, -0.25) is 9.36 Å². The summed E-state index contributed by atoms with van der Waals surface area (Å²) in [5.74, 6) is 0.755. The predicted molar refractivity (Wildman–Crippen MR) is 76.0 cm³/mol. The number of aromatic amines is 1. The molecule has 0 fully saturated rings. The van der Waals surface area contributed by atoms with Crippen LogP contribution in [0.25, 0.3) is 11.2 Å². The minimum atomic E-state index is -0.328. The number of anilines is 1. The van der Waals surface area contributed by atoms with Crippen LogP contribution in [0.15, 0.2) is 35.1 Å². The summed E-state index contributed by atoms with van der Waals surface area (Å²) in [6, 6.07) is 9.84. The monoisotopic (exact) mass is 270 g/mol. The number of benzene rings is 1. The first kappa shape index (κ1) is 12.4. The number of aromatic nitrogens is 4. The van der Waals surface area contributed by atoms with Crippen molar-refractivity contribution < 1.29 is 0 Å². The average molecular weight is 270 g/mol. The van der Waals surface area contributed by atoms with Crippen molar-refractivity contribution in [3.05, 3.63) is 52.1 Å².